The Balaban J connectivity index is 2.02. The molecule has 0 bridgehead atoms. The van der Waals surface area contributed by atoms with Gasteiger partial charge in [-0.25, -0.2) is 14.5 Å². The van der Waals surface area contributed by atoms with E-state index >= 15 is 0 Å². The molecule has 20 heavy (non-hydrogen) atoms. The Hall–Kier alpha value is -2.15. The van der Waals surface area contributed by atoms with Crippen LogP contribution in [0.1, 0.15) is 6.92 Å². The number of esters is 1. The summed E-state index contributed by atoms with van der Waals surface area (Å²) in [6.45, 7) is 1.76. The standard InChI is InChI=1S/C13H12N4O2S/c1-8(12(18)19-2)20-13-15-11-9-5-3-4-6-10(9)14-7-17(11)16-13/h3-8H,1-2H3. The molecule has 3 aromatic rings. The van der Waals surface area contributed by atoms with Gasteiger partial charge in [-0.05, 0) is 19.1 Å². The van der Waals surface area contributed by atoms with Crippen molar-refractivity contribution in [2.75, 3.05) is 7.11 Å². The highest BCUT2D eigenvalue weighted by atomic mass is 32.2. The number of benzene rings is 1. The number of fused-ring (bicyclic) bond motifs is 3. The fraction of sp³-hybridized carbons (Fsp3) is 0.231. The third kappa shape index (κ3) is 2.20. The number of hydrogen-bond donors (Lipinski definition) is 0. The van der Waals surface area contributed by atoms with Crippen LogP contribution >= 0.6 is 11.8 Å². The van der Waals surface area contributed by atoms with E-state index in [1.807, 2.05) is 24.3 Å². The second-order valence-electron chi connectivity index (χ2n) is 4.21. The van der Waals surface area contributed by atoms with E-state index in [0.29, 0.717) is 5.16 Å². The number of thioether (sulfide) groups is 1. The molecular formula is C13H12N4O2S. The molecule has 1 unspecified atom stereocenters. The first-order chi connectivity index (χ1) is 9.69. The molecule has 102 valence electrons. The Kier molecular flexibility index (Phi) is 3.27. The molecule has 0 aliphatic heterocycles. The zero-order valence-electron chi connectivity index (χ0n) is 11.0. The fourth-order valence-corrected chi connectivity index (χ4v) is 2.67. The Morgan fingerprint density at radius 2 is 2.20 bits per heavy atom. The van der Waals surface area contributed by atoms with Gasteiger partial charge in [0.05, 0.1) is 12.6 Å². The van der Waals surface area contributed by atoms with Gasteiger partial charge in [0.1, 0.15) is 11.6 Å². The van der Waals surface area contributed by atoms with E-state index in [-0.39, 0.29) is 11.2 Å². The second kappa shape index (κ2) is 5.09. The maximum absolute atomic E-state index is 11.4. The molecule has 0 aliphatic carbocycles. The van der Waals surface area contributed by atoms with Gasteiger partial charge >= 0.3 is 5.97 Å². The molecule has 1 atom stereocenters. The summed E-state index contributed by atoms with van der Waals surface area (Å²) in [5.74, 6) is -0.295. The minimum Gasteiger partial charge on any atom is -0.468 e. The quantitative estimate of drug-likeness (QED) is 0.542. The van der Waals surface area contributed by atoms with Crippen LogP contribution in [-0.2, 0) is 9.53 Å². The molecule has 0 aliphatic rings. The lowest BCUT2D eigenvalue weighted by Crippen LogP contribution is -2.14. The summed E-state index contributed by atoms with van der Waals surface area (Å²) in [4.78, 5) is 20.2. The van der Waals surface area contributed by atoms with E-state index in [1.54, 1.807) is 17.8 Å². The molecule has 2 aromatic heterocycles. The van der Waals surface area contributed by atoms with Crippen LogP contribution in [0.15, 0.2) is 35.7 Å². The van der Waals surface area contributed by atoms with E-state index < -0.39 is 0 Å². The van der Waals surface area contributed by atoms with Gasteiger partial charge in [0, 0.05) is 5.39 Å². The first kappa shape index (κ1) is 12.9. The number of aromatic nitrogens is 4. The molecule has 0 spiro atoms. The average molecular weight is 288 g/mol. The summed E-state index contributed by atoms with van der Waals surface area (Å²) in [7, 11) is 1.37. The number of carbonyl (C=O) groups excluding carboxylic acids is 1. The first-order valence-electron chi connectivity index (χ1n) is 6.03. The Morgan fingerprint density at radius 1 is 1.40 bits per heavy atom. The van der Waals surface area contributed by atoms with Crippen LogP contribution in [0.3, 0.4) is 0 Å². The van der Waals surface area contributed by atoms with Gasteiger partial charge in [-0.3, -0.25) is 4.79 Å². The van der Waals surface area contributed by atoms with Crippen LogP contribution in [0.4, 0.5) is 0 Å². The summed E-state index contributed by atoms with van der Waals surface area (Å²) in [6.07, 6.45) is 1.62. The topological polar surface area (TPSA) is 69.4 Å². The molecule has 6 nitrogen and oxygen atoms in total. The zero-order chi connectivity index (χ0) is 14.1. The number of carbonyl (C=O) groups is 1. The van der Waals surface area contributed by atoms with Crippen molar-refractivity contribution in [3.63, 3.8) is 0 Å². The summed E-state index contributed by atoms with van der Waals surface area (Å²) in [5.41, 5.74) is 1.60. The maximum Gasteiger partial charge on any atom is 0.318 e. The molecule has 0 fully saturated rings. The van der Waals surface area contributed by atoms with Crippen LogP contribution in [-0.4, -0.2) is 37.9 Å². The minimum atomic E-state index is -0.350. The van der Waals surface area contributed by atoms with Crippen molar-refractivity contribution in [3.8, 4) is 0 Å². The van der Waals surface area contributed by atoms with Crippen LogP contribution in [0.5, 0.6) is 0 Å². The van der Waals surface area contributed by atoms with E-state index in [9.17, 15) is 4.79 Å². The molecule has 1 aromatic carbocycles. The normalized spacial score (nSPS) is 12.7. The van der Waals surface area contributed by atoms with Gasteiger partial charge in [-0.1, -0.05) is 23.9 Å². The molecule has 3 rings (SSSR count). The lowest BCUT2D eigenvalue weighted by atomic mass is 10.2. The highest BCUT2D eigenvalue weighted by Gasteiger charge is 2.18. The van der Waals surface area contributed by atoms with Gasteiger partial charge in [-0.15, -0.1) is 5.10 Å². The van der Waals surface area contributed by atoms with E-state index in [0.717, 1.165) is 16.6 Å². The summed E-state index contributed by atoms with van der Waals surface area (Å²) in [6, 6.07) is 7.73. The lowest BCUT2D eigenvalue weighted by molar-refractivity contribution is -0.139. The highest BCUT2D eigenvalue weighted by molar-refractivity contribution is 8.00. The van der Waals surface area contributed by atoms with Crippen LogP contribution in [0.25, 0.3) is 16.6 Å². The Morgan fingerprint density at radius 3 is 3.00 bits per heavy atom. The molecule has 0 N–H and O–H groups in total. The van der Waals surface area contributed by atoms with E-state index in [2.05, 4.69) is 15.1 Å². The molecule has 0 amide bonds. The van der Waals surface area contributed by atoms with E-state index in [1.165, 1.54) is 18.9 Å². The Labute approximate surface area is 119 Å². The fourth-order valence-electron chi connectivity index (χ4n) is 1.88. The number of hydrogen-bond acceptors (Lipinski definition) is 6. The molecule has 0 radical (unpaired) electrons. The predicted octanol–water partition coefficient (Wildman–Crippen LogP) is 1.93. The number of para-hydroxylation sites is 1. The third-order valence-electron chi connectivity index (χ3n) is 2.88. The molecule has 2 heterocycles. The number of methoxy groups -OCH3 is 1. The average Bonchev–Trinajstić information content (AvgIpc) is 2.89. The van der Waals surface area contributed by atoms with Crippen molar-refractivity contribution < 1.29 is 9.53 Å². The largest absolute Gasteiger partial charge is 0.468 e. The number of rotatable bonds is 3. The Bertz CT molecular complexity index is 786. The summed E-state index contributed by atoms with van der Waals surface area (Å²) in [5, 5.41) is 5.43. The van der Waals surface area contributed by atoms with Gasteiger partial charge in [-0.2, -0.15) is 0 Å². The minimum absolute atomic E-state index is 0.295. The third-order valence-corrected chi connectivity index (χ3v) is 3.81. The van der Waals surface area contributed by atoms with Crippen molar-refractivity contribution >= 4 is 34.3 Å². The highest BCUT2D eigenvalue weighted by Crippen LogP contribution is 2.23. The van der Waals surface area contributed by atoms with Crippen molar-refractivity contribution in [1.29, 1.82) is 0 Å². The van der Waals surface area contributed by atoms with Crippen molar-refractivity contribution in [3.05, 3.63) is 30.6 Å². The van der Waals surface area contributed by atoms with Crippen LogP contribution in [0, 0.1) is 0 Å². The zero-order valence-corrected chi connectivity index (χ0v) is 11.8. The van der Waals surface area contributed by atoms with Gasteiger partial charge in [0.15, 0.2) is 5.65 Å². The predicted molar refractivity (Wildman–Crippen MR) is 75.6 cm³/mol. The van der Waals surface area contributed by atoms with Crippen LogP contribution in [0.2, 0.25) is 0 Å². The van der Waals surface area contributed by atoms with Gasteiger partial charge < -0.3 is 4.74 Å². The number of nitrogens with zero attached hydrogens (tertiary/aromatic N) is 4. The first-order valence-corrected chi connectivity index (χ1v) is 6.91. The van der Waals surface area contributed by atoms with Crippen LogP contribution < -0.4 is 0 Å². The molecule has 0 saturated heterocycles. The molecular weight excluding hydrogens is 276 g/mol. The van der Waals surface area contributed by atoms with Crippen molar-refractivity contribution in [2.24, 2.45) is 0 Å². The second-order valence-corrected chi connectivity index (χ2v) is 5.52. The van der Waals surface area contributed by atoms with Gasteiger partial charge in [0.2, 0.25) is 5.16 Å². The molecule has 7 heteroatoms. The van der Waals surface area contributed by atoms with Crippen molar-refractivity contribution in [2.45, 2.75) is 17.3 Å². The molecule has 0 saturated carbocycles. The SMILES string of the molecule is COC(=O)C(C)Sc1nc2c3ccccc3ncn2n1. The smallest absolute Gasteiger partial charge is 0.318 e. The maximum atomic E-state index is 11.4. The lowest BCUT2D eigenvalue weighted by Gasteiger charge is -2.04. The summed E-state index contributed by atoms with van der Waals surface area (Å²) >= 11 is 1.27. The summed E-state index contributed by atoms with van der Waals surface area (Å²) < 4.78 is 6.31. The van der Waals surface area contributed by atoms with Gasteiger partial charge in [0.25, 0.3) is 0 Å². The monoisotopic (exact) mass is 288 g/mol. The van der Waals surface area contributed by atoms with Crippen molar-refractivity contribution in [1.82, 2.24) is 19.6 Å². The number of ether oxygens (including phenoxy) is 1. The van der Waals surface area contributed by atoms with E-state index in [4.69, 9.17) is 4.74 Å².